The van der Waals surface area contributed by atoms with E-state index in [0.717, 1.165) is 6.61 Å². The Morgan fingerprint density at radius 2 is 1.92 bits per heavy atom. The van der Waals surface area contributed by atoms with Gasteiger partial charge in [-0.2, -0.15) is 0 Å². The highest BCUT2D eigenvalue weighted by Gasteiger charge is 2.12. The van der Waals surface area contributed by atoms with Crippen LogP contribution in [0.2, 0.25) is 19.6 Å². The van der Waals surface area contributed by atoms with E-state index in [1.165, 1.54) is 5.57 Å². The fraction of sp³-hybridized carbons (Fsp3) is 0.778. The first-order valence-electron chi connectivity index (χ1n) is 4.24. The van der Waals surface area contributed by atoms with E-state index in [1.807, 2.05) is 0 Å². The van der Waals surface area contributed by atoms with Crippen LogP contribution in [-0.2, 0) is 9.16 Å². The molecule has 0 amide bonds. The van der Waals surface area contributed by atoms with Crippen molar-refractivity contribution in [3.8, 4) is 0 Å². The van der Waals surface area contributed by atoms with Crippen LogP contribution in [0.3, 0.4) is 0 Å². The van der Waals surface area contributed by atoms with Crippen molar-refractivity contribution in [3.63, 3.8) is 0 Å². The SMILES string of the molecule is COCC(C)=CCO[Si](C)(C)C. The molecule has 0 aliphatic rings. The van der Waals surface area contributed by atoms with Crippen LogP contribution in [0.15, 0.2) is 11.6 Å². The summed E-state index contributed by atoms with van der Waals surface area (Å²) in [5.74, 6) is 0. The van der Waals surface area contributed by atoms with Crippen LogP contribution in [0.25, 0.3) is 0 Å². The van der Waals surface area contributed by atoms with Gasteiger partial charge in [0.2, 0.25) is 0 Å². The van der Waals surface area contributed by atoms with Crippen molar-refractivity contribution in [3.05, 3.63) is 11.6 Å². The van der Waals surface area contributed by atoms with Gasteiger partial charge in [-0.3, -0.25) is 0 Å². The quantitative estimate of drug-likeness (QED) is 0.487. The molecule has 0 aromatic carbocycles. The number of hydrogen-bond donors (Lipinski definition) is 0. The Bertz CT molecular complexity index is 147. The summed E-state index contributed by atoms with van der Waals surface area (Å²) in [6, 6.07) is 0. The molecule has 0 aromatic heterocycles. The van der Waals surface area contributed by atoms with Gasteiger partial charge >= 0.3 is 0 Å². The molecule has 0 radical (unpaired) electrons. The van der Waals surface area contributed by atoms with E-state index in [9.17, 15) is 0 Å². The van der Waals surface area contributed by atoms with Gasteiger partial charge in [-0.1, -0.05) is 6.08 Å². The first-order chi connectivity index (χ1) is 5.45. The molecule has 72 valence electrons. The molecular formula is C9H20O2Si. The van der Waals surface area contributed by atoms with Gasteiger partial charge in [0.05, 0.1) is 13.2 Å². The van der Waals surface area contributed by atoms with Crippen LogP contribution in [0.4, 0.5) is 0 Å². The minimum Gasteiger partial charge on any atom is -0.414 e. The summed E-state index contributed by atoms with van der Waals surface area (Å²) in [5.41, 5.74) is 1.23. The van der Waals surface area contributed by atoms with Gasteiger partial charge in [-0.05, 0) is 32.1 Å². The van der Waals surface area contributed by atoms with Gasteiger partial charge in [0, 0.05) is 7.11 Å². The summed E-state index contributed by atoms with van der Waals surface area (Å²) < 4.78 is 10.6. The molecule has 0 rings (SSSR count). The molecule has 2 nitrogen and oxygen atoms in total. The van der Waals surface area contributed by atoms with Gasteiger partial charge in [-0.25, -0.2) is 0 Å². The van der Waals surface area contributed by atoms with E-state index in [-0.39, 0.29) is 0 Å². The Kier molecular flexibility index (Phi) is 5.45. The van der Waals surface area contributed by atoms with Crippen molar-refractivity contribution in [1.29, 1.82) is 0 Å². The zero-order valence-corrected chi connectivity index (χ0v) is 9.81. The molecule has 0 saturated carbocycles. The summed E-state index contributed by atoms with van der Waals surface area (Å²) >= 11 is 0. The van der Waals surface area contributed by atoms with Gasteiger partial charge in [0.15, 0.2) is 8.32 Å². The van der Waals surface area contributed by atoms with E-state index in [0.29, 0.717) is 6.61 Å². The highest BCUT2D eigenvalue weighted by molar-refractivity contribution is 6.69. The second kappa shape index (κ2) is 5.51. The van der Waals surface area contributed by atoms with Crippen molar-refractivity contribution in [2.24, 2.45) is 0 Å². The zero-order valence-electron chi connectivity index (χ0n) is 8.81. The van der Waals surface area contributed by atoms with Crippen molar-refractivity contribution in [1.82, 2.24) is 0 Å². The van der Waals surface area contributed by atoms with Gasteiger partial charge < -0.3 is 9.16 Å². The number of methoxy groups -OCH3 is 1. The third kappa shape index (κ3) is 7.98. The van der Waals surface area contributed by atoms with Crippen LogP contribution < -0.4 is 0 Å². The molecule has 0 aliphatic carbocycles. The Balaban J connectivity index is 3.60. The maximum atomic E-state index is 5.65. The lowest BCUT2D eigenvalue weighted by atomic mass is 10.3. The Hall–Kier alpha value is -0.123. The van der Waals surface area contributed by atoms with E-state index in [4.69, 9.17) is 9.16 Å². The summed E-state index contributed by atoms with van der Waals surface area (Å²) in [6.07, 6.45) is 2.09. The molecule has 0 aromatic rings. The third-order valence-corrected chi connectivity index (χ3v) is 2.35. The van der Waals surface area contributed by atoms with Crippen molar-refractivity contribution in [2.75, 3.05) is 20.3 Å². The third-order valence-electron chi connectivity index (χ3n) is 1.32. The monoisotopic (exact) mass is 188 g/mol. The lowest BCUT2D eigenvalue weighted by molar-refractivity contribution is 0.224. The lowest BCUT2D eigenvalue weighted by Crippen LogP contribution is -2.25. The van der Waals surface area contributed by atoms with Crippen molar-refractivity contribution < 1.29 is 9.16 Å². The smallest absolute Gasteiger partial charge is 0.184 e. The molecule has 0 aliphatic heterocycles. The summed E-state index contributed by atoms with van der Waals surface area (Å²) in [4.78, 5) is 0. The van der Waals surface area contributed by atoms with Gasteiger partial charge in [0.25, 0.3) is 0 Å². The average molecular weight is 188 g/mol. The predicted molar refractivity (Wildman–Crippen MR) is 54.9 cm³/mol. The Morgan fingerprint density at radius 3 is 2.33 bits per heavy atom. The average Bonchev–Trinajstić information content (AvgIpc) is 1.84. The molecule has 0 unspecified atom stereocenters. The van der Waals surface area contributed by atoms with Crippen LogP contribution in [0.5, 0.6) is 0 Å². The van der Waals surface area contributed by atoms with Crippen LogP contribution in [0, 0.1) is 0 Å². The first kappa shape index (κ1) is 11.9. The van der Waals surface area contributed by atoms with E-state index < -0.39 is 8.32 Å². The summed E-state index contributed by atoms with van der Waals surface area (Å²) in [6.45, 7) is 10.0. The van der Waals surface area contributed by atoms with E-state index in [1.54, 1.807) is 7.11 Å². The fourth-order valence-electron chi connectivity index (χ4n) is 0.721. The lowest BCUT2D eigenvalue weighted by Gasteiger charge is -2.15. The minimum atomic E-state index is -1.33. The van der Waals surface area contributed by atoms with E-state index >= 15 is 0 Å². The maximum absolute atomic E-state index is 5.65. The molecule has 0 saturated heterocycles. The van der Waals surface area contributed by atoms with Crippen LogP contribution >= 0.6 is 0 Å². The van der Waals surface area contributed by atoms with Gasteiger partial charge in [0.1, 0.15) is 0 Å². The maximum Gasteiger partial charge on any atom is 0.184 e. The highest BCUT2D eigenvalue weighted by Crippen LogP contribution is 2.03. The summed E-state index contributed by atoms with van der Waals surface area (Å²) in [7, 11) is 0.373. The number of rotatable bonds is 5. The highest BCUT2D eigenvalue weighted by atomic mass is 28.4. The van der Waals surface area contributed by atoms with Crippen LogP contribution in [0.1, 0.15) is 6.92 Å². The number of hydrogen-bond acceptors (Lipinski definition) is 2. The molecule has 0 N–H and O–H groups in total. The number of ether oxygens (including phenoxy) is 1. The minimum absolute atomic E-state index is 0.703. The van der Waals surface area contributed by atoms with Crippen molar-refractivity contribution >= 4 is 8.32 Å². The Morgan fingerprint density at radius 1 is 1.33 bits per heavy atom. The second-order valence-corrected chi connectivity index (χ2v) is 8.42. The first-order valence-corrected chi connectivity index (χ1v) is 7.65. The largest absolute Gasteiger partial charge is 0.414 e. The van der Waals surface area contributed by atoms with Gasteiger partial charge in [-0.15, -0.1) is 0 Å². The molecule has 0 atom stereocenters. The van der Waals surface area contributed by atoms with E-state index in [2.05, 4.69) is 32.6 Å². The molecule has 0 spiro atoms. The molecule has 0 bridgehead atoms. The second-order valence-electron chi connectivity index (χ2n) is 3.91. The van der Waals surface area contributed by atoms with Crippen molar-refractivity contribution in [2.45, 2.75) is 26.6 Å². The molecular weight excluding hydrogens is 168 g/mol. The topological polar surface area (TPSA) is 18.5 Å². The molecule has 3 heteroatoms. The molecule has 12 heavy (non-hydrogen) atoms. The molecule has 0 heterocycles. The Labute approximate surface area is 76.7 Å². The molecule has 0 fully saturated rings. The standard InChI is InChI=1S/C9H20O2Si/c1-9(8-10-2)6-7-11-12(3,4)5/h6H,7-8H2,1-5H3. The summed E-state index contributed by atoms with van der Waals surface area (Å²) in [5, 5.41) is 0. The normalized spacial score (nSPS) is 13.6. The fourth-order valence-corrected chi connectivity index (χ4v) is 1.30. The van der Waals surface area contributed by atoms with Crippen LogP contribution in [-0.4, -0.2) is 28.6 Å². The predicted octanol–water partition coefficient (Wildman–Crippen LogP) is 2.43. The zero-order chi connectivity index (χ0) is 9.61.